The predicted octanol–water partition coefficient (Wildman–Crippen LogP) is 4.35. The van der Waals surface area contributed by atoms with Crippen LogP contribution in [0.1, 0.15) is 36.0 Å². The molecule has 1 aromatic carbocycles. The van der Waals surface area contributed by atoms with Gasteiger partial charge in [0.1, 0.15) is 0 Å². The number of ether oxygens (including phenoxy) is 1. The van der Waals surface area contributed by atoms with Gasteiger partial charge in [0.25, 0.3) is 5.91 Å². The highest BCUT2D eigenvalue weighted by atomic mass is 32.2. The van der Waals surface area contributed by atoms with Crippen molar-refractivity contribution in [3.05, 3.63) is 69.8 Å². The first-order valence-electron chi connectivity index (χ1n) is 14.2. The molecule has 1 atom stereocenters. The number of carbonyl (C=O) groups is 2. The summed E-state index contributed by atoms with van der Waals surface area (Å²) >= 11 is 0.549. The summed E-state index contributed by atoms with van der Waals surface area (Å²) in [4.78, 5) is 27.0. The third-order valence-corrected chi connectivity index (χ3v) is 8.46. The van der Waals surface area contributed by atoms with Crippen LogP contribution < -0.4 is 5.32 Å². The van der Waals surface area contributed by atoms with Gasteiger partial charge in [-0.1, -0.05) is 36.1 Å². The van der Waals surface area contributed by atoms with E-state index in [0.717, 1.165) is 24.3 Å². The molecule has 45 heavy (non-hydrogen) atoms. The second-order valence-corrected chi connectivity index (χ2v) is 11.7. The average Bonchev–Trinajstić information content (AvgIpc) is 3.23. The van der Waals surface area contributed by atoms with Crippen LogP contribution in [0.3, 0.4) is 0 Å². The van der Waals surface area contributed by atoms with Crippen molar-refractivity contribution in [3.63, 3.8) is 0 Å². The van der Waals surface area contributed by atoms with E-state index in [4.69, 9.17) is 9.84 Å². The van der Waals surface area contributed by atoms with Gasteiger partial charge >= 0.3 is 12.4 Å². The molecule has 15 heteroatoms. The van der Waals surface area contributed by atoms with Gasteiger partial charge in [0.05, 0.1) is 30.9 Å². The van der Waals surface area contributed by atoms with E-state index < -0.39 is 58.5 Å². The number of piperidine rings is 1. The normalized spacial score (nSPS) is 19.3. The molecule has 0 bridgehead atoms. The van der Waals surface area contributed by atoms with E-state index >= 15 is 0 Å². The number of nitrogens with zero attached hydrogens (tertiary/aromatic N) is 2. The molecule has 3 aliphatic rings. The molecular weight excluding hydrogens is 628 g/mol. The lowest BCUT2D eigenvalue weighted by molar-refractivity contribution is -0.163. The first-order chi connectivity index (χ1) is 21.3. The molecule has 2 aliphatic heterocycles. The number of allylic oxidation sites excluding steroid dienone is 4. The number of hydrogen-bond acceptors (Lipinski definition) is 7. The summed E-state index contributed by atoms with van der Waals surface area (Å²) in [5, 5.41) is 21.9. The Balaban J connectivity index is 1.56. The Bertz CT molecular complexity index is 1360. The molecule has 0 spiro atoms. The molecular formula is C30H33F6N3O5S. The minimum Gasteiger partial charge on any atom is -0.393 e. The summed E-state index contributed by atoms with van der Waals surface area (Å²) in [5.41, 5.74) is -3.91. The average molecular weight is 662 g/mol. The fourth-order valence-corrected chi connectivity index (χ4v) is 6.22. The van der Waals surface area contributed by atoms with Crippen LogP contribution in [-0.4, -0.2) is 90.0 Å². The predicted molar refractivity (Wildman–Crippen MR) is 154 cm³/mol. The Morgan fingerprint density at radius 3 is 2.31 bits per heavy atom. The molecule has 2 amide bonds. The number of hydrogen-bond donors (Lipinski definition) is 3. The molecule has 1 aliphatic carbocycles. The lowest BCUT2D eigenvalue weighted by Crippen LogP contribution is -2.48. The minimum atomic E-state index is -5.37. The molecule has 246 valence electrons. The van der Waals surface area contributed by atoms with E-state index in [0.29, 0.717) is 49.8 Å². The number of benzene rings is 1. The van der Waals surface area contributed by atoms with E-state index in [1.54, 1.807) is 18.2 Å². The van der Waals surface area contributed by atoms with Gasteiger partial charge in [-0.3, -0.25) is 9.59 Å². The van der Waals surface area contributed by atoms with Crippen molar-refractivity contribution in [1.29, 1.82) is 0 Å². The Kier molecular flexibility index (Phi) is 11.4. The highest BCUT2D eigenvalue weighted by molar-refractivity contribution is 8.03. The number of aliphatic hydroxyl groups excluding tert-OH is 2. The quantitative estimate of drug-likeness (QED) is 0.282. The van der Waals surface area contributed by atoms with Crippen molar-refractivity contribution in [2.24, 2.45) is 0 Å². The van der Waals surface area contributed by atoms with Gasteiger partial charge in [0.2, 0.25) is 5.91 Å². The zero-order chi connectivity index (χ0) is 32.8. The zero-order valence-electron chi connectivity index (χ0n) is 24.0. The van der Waals surface area contributed by atoms with E-state index in [1.807, 2.05) is 0 Å². The topological polar surface area (TPSA) is 102 Å². The zero-order valence-corrected chi connectivity index (χ0v) is 24.9. The summed E-state index contributed by atoms with van der Waals surface area (Å²) in [6.07, 6.45) is -2.61. The van der Waals surface area contributed by atoms with Crippen LogP contribution in [0.25, 0.3) is 6.08 Å². The molecule has 3 N–H and O–H groups in total. The maximum atomic E-state index is 14.3. The van der Waals surface area contributed by atoms with Crippen LogP contribution in [0.4, 0.5) is 26.3 Å². The number of thioether (sulfide) groups is 1. The standard InChI is InChI=1S/C30H33F6N3O5S/c31-29(32,33)26-19(6-8-25(42)38-13-15-44-16-14-38)5-7-24(27(26)30(34,35)36)45-22-4-2-1-3-21(17-22)37-20-9-11-39(12-10-20)28(43)23(41)18-40/h2-8,17,20,23,37,40-41H,1,9-16,18H2/b8-6+. The minimum absolute atomic E-state index is 0.110. The van der Waals surface area contributed by atoms with Gasteiger partial charge in [-0.2, -0.15) is 26.3 Å². The van der Waals surface area contributed by atoms with Crippen LogP contribution in [0, 0.1) is 0 Å². The first kappa shape index (κ1) is 34.6. The van der Waals surface area contributed by atoms with Crippen molar-refractivity contribution in [2.45, 2.75) is 48.7 Å². The summed E-state index contributed by atoms with van der Waals surface area (Å²) < 4.78 is 90.9. The molecule has 0 radical (unpaired) electrons. The molecule has 2 saturated heterocycles. The van der Waals surface area contributed by atoms with E-state index in [9.17, 15) is 41.0 Å². The molecule has 2 fully saturated rings. The highest BCUT2D eigenvalue weighted by Crippen LogP contribution is 2.48. The second kappa shape index (κ2) is 14.9. The van der Waals surface area contributed by atoms with Crippen molar-refractivity contribution in [3.8, 4) is 0 Å². The van der Waals surface area contributed by atoms with Gasteiger partial charge < -0.3 is 30.1 Å². The maximum Gasteiger partial charge on any atom is 0.418 e. The van der Waals surface area contributed by atoms with Crippen LogP contribution in [-0.2, 0) is 26.7 Å². The molecule has 0 saturated carbocycles. The maximum absolute atomic E-state index is 14.3. The fraction of sp³-hybridized carbons (Fsp3) is 0.467. The molecule has 1 unspecified atom stereocenters. The highest BCUT2D eigenvalue weighted by Gasteiger charge is 2.46. The van der Waals surface area contributed by atoms with Gasteiger partial charge in [-0.05, 0) is 43.0 Å². The largest absolute Gasteiger partial charge is 0.418 e. The number of nitrogens with one attached hydrogen (secondary N) is 1. The Labute approximate surface area is 260 Å². The summed E-state index contributed by atoms with van der Waals surface area (Å²) in [7, 11) is 0. The van der Waals surface area contributed by atoms with Crippen molar-refractivity contribution < 1.29 is 50.9 Å². The van der Waals surface area contributed by atoms with E-state index in [-0.39, 0.29) is 37.3 Å². The van der Waals surface area contributed by atoms with E-state index in [2.05, 4.69) is 5.32 Å². The third-order valence-electron chi connectivity index (χ3n) is 7.41. The number of carbonyl (C=O) groups excluding carboxylic acids is 2. The SMILES string of the molecule is O=C(/C=C/c1ccc(SC2=CC(NC3CCN(C(=O)C(O)CO)CC3)=CCC=C2)c(C(F)(F)F)c1C(F)(F)F)N1CCOCC1. The van der Waals surface area contributed by atoms with Gasteiger partial charge in [-0.15, -0.1) is 0 Å². The van der Waals surface area contributed by atoms with Crippen LogP contribution in [0.2, 0.25) is 0 Å². The van der Waals surface area contributed by atoms with Crippen molar-refractivity contribution in [2.75, 3.05) is 46.0 Å². The van der Waals surface area contributed by atoms with E-state index in [1.165, 1.54) is 15.9 Å². The number of alkyl halides is 6. The number of morpholine rings is 1. The summed E-state index contributed by atoms with van der Waals surface area (Å²) in [6.45, 7) is 0.907. The Morgan fingerprint density at radius 1 is 1.02 bits per heavy atom. The molecule has 1 aromatic rings. The van der Waals surface area contributed by atoms with Crippen molar-refractivity contribution >= 4 is 29.7 Å². The molecule has 0 aromatic heterocycles. The lowest BCUT2D eigenvalue weighted by atomic mass is 9.99. The number of likely N-dealkylation sites (tertiary alicyclic amines) is 1. The van der Waals surface area contributed by atoms with Crippen molar-refractivity contribution in [1.82, 2.24) is 15.1 Å². The Morgan fingerprint density at radius 2 is 1.69 bits per heavy atom. The third kappa shape index (κ3) is 9.15. The number of aliphatic hydroxyl groups is 2. The summed E-state index contributed by atoms with van der Waals surface area (Å²) in [6, 6.07) is 1.80. The Hall–Kier alpha value is -3.27. The molecule has 8 nitrogen and oxygen atoms in total. The number of halogens is 6. The smallest absolute Gasteiger partial charge is 0.393 e. The fourth-order valence-electron chi connectivity index (χ4n) is 5.16. The number of rotatable bonds is 8. The first-order valence-corrected chi connectivity index (χ1v) is 15.1. The van der Waals surface area contributed by atoms with Gasteiger partial charge in [0, 0.05) is 53.8 Å². The van der Waals surface area contributed by atoms with Crippen LogP contribution >= 0.6 is 11.8 Å². The van der Waals surface area contributed by atoms with Gasteiger partial charge in [0.15, 0.2) is 6.10 Å². The molecule has 4 rings (SSSR count). The summed E-state index contributed by atoms with van der Waals surface area (Å²) in [5.74, 6) is -1.20. The van der Waals surface area contributed by atoms with Crippen LogP contribution in [0.15, 0.2) is 58.0 Å². The van der Waals surface area contributed by atoms with Gasteiger partial charge in [-0.25, -0.2) is 0 Å². The monoisotopic (exact) mass is 661 g/mol. The molecule has 2 heterocycles. The van der Waals surface area contributed by atoms with Crippen LogP contribution in [0.5, 0.6) is 0 Å². The lowest BCUT2D eigenvalue weighted by Gasteiger charge is -2.34. The second-order valence-electron chi connectivity index (χ2n) is 10.6. The number of amides is 2.